The Labute approximate surface area is 383 Å². The molecule has 2 aliphatic heterocycles. The van der Waals surface area contributed by atoms with Crippen molar-refractivity contribution in [2.75, 3.05) is 95.4 Å². The topological polar surface area (TPSA) is 193 Å². The summed E-state index contributed by atoms with van der Waals surface area (Å²) in [4.78, 5) is 64.2. The number of anilines is 1. The van der Waals surface area contributed by atoms with Gasteiger partial charge in [0.25, 0.3) is 0 Å². The van der Waals surface area contributed by atoms with Gasteiger partial charge < -0.3 is 39.4 Å². The fourth-order valence-corrected chi connectivity index (χ4v) is 7.98. The highest BCUT2D eigenvalue weighted by Gasteiger charge is 2.22. The summed E-state index contributed by atoms with van der Waals surface area (Å²) in [6.07, 6.45) is -0.188. The number of amides is 2. The first-order chi connectivity index (χ1) is 31.7. The van der Waals surface area contributed by atoms with Gasteiger partial charge in [-0.2, -0.15) is 11.8 Å². The summed E-state index contributed by atoms with van der Waals surface area (Å²) in [6.45, 7) is 6.42. The molecule has 17 heteroatoms. The molecule has 3 N–H and O–H groups in total. The van der Waals surface area contributed by atoms with Crippen molar-refractivity contribution in [2.24, 2.45) is 0 Å². The maximum atomic E-state index is 13.6. The van der Waals surface area contributed by atoms with Gasteiger partial charge in [-0.15, -0.1) is 0 Å². The molecule has 0 spiro atoms. The highest BCUT2D eigenvalue weighted by Crippen LogP contribution is 2.26. The van der Waals surface area contributed by atoms with E-state index < -0.39 is 11.9 Å². The molecule has 0 unspecified atom stereocenters. The zero-order valence-corrected chi connectivity index (χ0v) is 37.2. The van der Waals surface area contributed by atoms with Crippen LogP contribution in [-0.2, 0) is 48.2 Å². The number of rotatable bonds is 14. The van der Waals surface area contributed by atoms with Gasteiger partial charge in [0.2, 0.25) is 11.8 Å². The third kappa shape index (κ3) is 16.3. The average Bonchev–Trinajstić information content (AvgIpc) is 3.30. The van der Waals surface area contributed by atoms with Crippen LogP contribution in [-0.4, -0.2) is 150 Å². The molecule has 2 amide bonds. The first-order valence-electron chi connectivity index (χ1n) is 21.7. The third-order valence-electron chi connectivity index (χ3n) is 10.5. The minimum atomic E-state index is -1.09. The van der Waals surface area contributed by atoms with Crippen LogP contribution in [0.1, 0.15) is 61.9 Å². The van der Waals surface area contributed by atoms with Crippen molar-refractivity contribution < 1.29 is 48.3 Å². The molecule has 65 heavy (non-hydrogen) atoms. The molecule has 0 bridgehead atoms. The van der Waals surface area contributed by atoms with Crippen LogP contribution in [0.5, 0.6) is 0 Å². The molecule has 1 saturated heterocycles. The predicted octanol–water partition coefficient (Wildman–Crippen LogP) is 4.20. The van der Waals surface area contributed by atoms with Gasteiger partial charge in [-0.3, -0.25) is 19.4 Å². The number of aromatic carboxylic acids is 2. The lowest BCUT2D eigenvalue weighted by molar-refractivity contribution is -0.125. The second kappa shape index (κ2) is 26.3. The number of carboxylic acids is 2. The van der Waals surface area contributed by atoms with Crippen molar-refractivity contribution in [3.63, 3.8) is 0 Å². The Hall–Kier alpha value is -5.71. The van der Waals surface area contributed by atoms with Crippen LogP contribution >= 0.6 is 11.8 Å². The van der Waals surface area contributed by atoms with Gasteiger partial charge >= 0.3 is 11.9 Å². The maximum absolute atomic E-state index is 13.6. The summed E-state index contributed by atoms with van der Waals surface area (Å²) in [5.41, 5.74) is 4.53. The number of pyridine rings is 2. The smallest absolute Gasteiger partial charge is 0.354 e. The molecule has 344 valence electrons. The molecule has 1 atom stereocenters. The van der Waals surface area contributed by atoms with Crippen LogP contribution in [0.3, 0.4) is 0 Å². The fourth-order valence-electron chi connectivity index (χ4n) is 7.11. The van der Waals surface area contributed by atoms with E-state index in [-0.39, 0.29) is 42.1 Å². The third-order valence-corrected chi connectivity index (χ3v) is 11.6. The lowest BCUT2D eigenvalue weighted by Crippen LogP contribution is -2.35. The fraction of sp³-hybridized carbons (Fsp3) is 0.417. The van der Waals surface area contributed by atoms with Crippen molar-refractivity contribution in [2.45, 2.75) is 38.6 Å². The van der Waals surface area contributed by atoms with Crippen molar-refractivity contribution in [1.29, 1.82) is 0 Å². The number of hydrogen-bond donors (Lipinski definition) is 3. The molecule has 1 fully saturated rings. The van der Waals surface area contributed by atoms with Crippen LogP contribution in [0.15, 0.2) is 84.9 Å². The number of fused-ring (bicyclic) bond motifs is 2. The molecule has 0 saturated carbocycles. The first-order valence-corrected chi connectivity index (χ1v) is 22.9. The van der Waals surface area contributed by atoms with Gasteiger partial charge in [0.1, 0.15) is 11.4 Å². The zero-order chi connectivity index (χ0) is 45.6. The molecule has 0 aliphatic carbocycles. The molecule has 2 aliphatic rings. The average molecular weight is 909 g/mol. The Kier molecular flexibility index (Phi) is 19.7. The number of carbonyl (C=O) groups excluding carboxylic acids is 2. The second-order valence-corrected chi connectivity index (χ2v) is 16.5. The number of benzene rings is 2. The van der Waals surface area contributed by atoms with Crippen LogP contribution < -0.4 is 10.2 Å². The van der Waals surface area contributed by atoms with Crippen LogP contribution in [0.4, 0.5) is 5.69 Å². The minimum Gasteiger partial charge on any atom is -0.477 e. The van der Waals surface area contributed by atoms with Crippen LogP contribution in [0.2, 0.25) is 0 Å². The number of para-hydroxylation sites is 1. The van der Waals surface area contributed by atoms with Gasteiger partial charge in [0.05, 0.1) is 76.0 Å². The quantitative estimate of drug-likeness (QED) is 0.120. The molecule has 2 aromatic heterocycles. The SMILES string of the molecule is O=C(CCC(=O)N1Cc2ccccc2C#Cc2ccccc21)NCCSC[C@@H]1COCCN(Cc2cccc(C(=O)O)n2)CCOCCOCCN(Cc2cccc(C(=O)O)n2)CCO1. The van der Waals surface area contributed by atoms with E-state index in [0.29, 0.717) is 121 Å². The number of carboxylic acid groups (broad SMARTS) is 2. The highest BCUT2D eigenvalue weighted by molar-refractivity contribution is 7.99. The summed E-state index contributed by atoms with van der Waals surface area (Å²) >= 11 is 1.62. The number of carbonyl (C=O) groups is 4. The number of aromatic nitrogens is 2. The lowest BCUT2D eigenvalue weighted by atomic mass is 10.0. The van der Waals surface area contributed by atoms with E-state index in [0.717, 1.165) is 22.4 Å². The summed E-state index contributed by atoms with van der Waals surface area (Å²) in [6, 6.07) is 25.2. The summed E-state index contributed by atoms with van der Waals surface area (Å²) in [5, 5.41) is 21.9. The van der Waals surface area contributed by atoms with E-state index in [1.165, 1.54) is 12.1 Å². The predicted molar refractivity (Wildman–Crippen MR) is 245 cm³/mol. The van der Waals surface area contributed by atoms with Crippen molar-refractivity contribution in [1.82, 2.24) is 25.1 Å². The molecule has 16 nitrogen and oxygen atoms in total. The molecule has 4 aromatic rings. The molecule has 0 radical (unpaired) electrons. The highest BCUT2D eigenvalue weighted by atomic mass is 32.2. The number of ether oxygens (including phenoxy) is 4. The molecule has 4 heterocycles. The number of hydrogen-bond acceptors (Lipinski definition) is 13. The summed E-state index contributed by atoms with van der Waals surface area (Å²) in [5.74, 6) is 5.09. The monoisotopic (exact) mass is 908 g/mol. The summed E-state index contributed by atoms with van der Waals surface area (Å²) < 4.78 is 24.4. The van der Waals surface area contributed by atoms with Crippen LogP contribution in [0.25, 0.3) is 0 Å². The normalized spacial score (nSPS) is 17.1. The minimum absolute atomic E-state index is 0.0165. The van der Waals surface area contributed by atoms with Gasteiger partial charge in [-0.25, -0.2) is 19.6 Å². The lowest BCUT2D eigenvalue weighted by Gasteiger charge is -2.26. The van der Waals surface area contributed by atoms with E-state index >= 15 is 0 Å². The Morgan fingerprint density at radius 3 is 1.92 bits per heavy atom. The molecule has 2 aromatic carbocycles. The van der Waals surface area contributed by atoms with Gasteiger partial charge in [0.15, 0.2) is 0 Å². The second-order valence-electron chi connectivity index (χ2n) is 15.3. The number of thioether (sulfide) groups is 1. The Morgan fingerprint density at radius 2 is 1.26 bits per heavy atom. The van der Waals surface area contributed by atoms with Crippen molar-refractivity contribution in [3.8, 4) is 11.8 Å². The van der Waals surface area contributed by atoms with Gasteiger partial charge in [-0.05, 0) is 48.0 Å². The van der Waals surface area contributed by atoms with Gasteiger partial charge in [0, 0.05) is 81.3 Å². The Morgan fingerprint density at radius 1 is 0.677 bits per heavy atom. The Bertz CT molecular complexity index is 2270. The van der Waals surface area contributed by atoms with E-state index in [1.807, 2.05) is 48.5 Å². The molecule has 6 rings (SSSR count). The van der Waals surface area contributed by atoms with Crippen molar-refractivity contribution in [3.05, 3.63) is 124 Å². The number of nitrogens with one attached hydrogen (secondary N) is 1. The number of nitrogens with zero attached hydrogens (tertiary/aromatic N) is 5. The van der Waals surface area contributed by atoms with E-state index in [1.54, 1.807) is 40.9 Å². The first kappa shape index (κ1) is 48.7. The van der Waals surface area contributed by atoms with E-state index in [9.17, 15) is 29.4 Å². The molecular weight excluding hydrogens is 853 g/mol. The van der Waals surface area contributed by atoms with Crippen molar-refractivity contribution >= 4 is 41.2 Å². The standard InChI is InChI=1S/C48H56N6O10S/c55-45(17-18-46(56)54-31-38-9-2-1-7-36(38)15-16-37-8-3-4-14-44(37)54)49-19-30-65-35-41-34-63-26-22-52(32-39-10-5-12-42(50-39)47(57)58)20-24-61-28-29-62-25-21-53(23-27-64-41)33-40-11-6-13-43(51-40)48(59)60/h1-14,41H,17-35H2,(H,49,55)(H,57,58)(H,59,60)/t41-/m0/s1. The molecular formula is C48H56N6O10S. The maximum Gasteiger partial charge on any atom is 0.354 e. The summed E-state index contributed by atoms with van der Waals surface area (Å²) in [7, 11) is 0. The van der Waals surface area contributed by atoms with Crippen LogP contribution in [0, 0.1) is 11.8 Å². The van der Waals surface area contributed by atoms with E-state index in [2.05, 4.69) is 36.9 Å². The largest absolute Gasteiger partial charge is 0.477 e. The van der Waals surface area contributed by atoms with E-state index in [4.69, 9.17) is 18.9 Å². The zero-order valence-electron chi connectivity index (χ0n) is 36.4. The Balaban J connectivity index is 1.01. The van der Waals surface area contributed by atoms with Gasteiger partial charge in [-0.1, -0.05) is 54.3 Å².